The van der Waals surface area contributed by atoms with Crippen LogP contribution in [0.2, 0.25) is 0 Å². The number of aromatic nitrogens is 2. The predicted octanol–water partition coefficient (Wildman–Crippen LogP) is 3.32. The molecular weight excluding hydrogens is 356 g/mol. The summed E-state index contributed by atoms with van der Waals surface area (Å²) in [6.07, 6.45) is 0.817. The van der Waals surface area contributed by atoms with Crippen molar-refractivity contribution in [1.82, 2.24) is 15.0 Å². The molecule has 7 nitrogen and oxygen atoms in total. The Labute approximate surface area is 163 Å². The fourth-order valence-corrected chi connectivity index (χ4v) is 2.82. The summed E-state index contributed by atoms with van der Waals surface area (Å²) in [6.45, 7) is 3.73. The van der Waals surface area contributed by atoms with Crippen molar-refractivity contribution in [3.63, 3.8) is 0 Å². The molecule has 0 saturated carbocycles. The molecule has 3 rings (SSSR count). The van der Waals surface area contributed by atoms with Gasteiger partial charge < -0.3 is 14.7 Å². The lowest BCUT2D eigenvalue weighted by atomic mass is 10.1. The van der Waals surface area contributed by atoms with Gasteiger partial charge >= 0.3 is 0 Å². The topological polar surface area (TPSA) is 88.3 Å². The molecule has 0 aliphatic rings. The van der Waals surface area contributed by atoms with E-state index in [-0.39, 0.29) is 18.4 Å². The van der Waals surface area contributed by atoms with Gasteiger partial charge in [-0.2, -0.15) is 4.98 Å². The number of nitrogens with one attached hydrogen (secondary N) is 1. The van der Waals surface area contributed by atoms with Crippen LogP contribution in [0.25, 0.3) is 11.5 Å². The van der Waals surface area contributed by atoms with Gasteiger partial charge in [0.1, 0.15) is 0 Å². The summed E-state index contributed by atoms with van der Waals surface area (Å²) in [5, 5.41) is 6.62. The van der Waals surface area contributed by atoms with Crippen LogP contribution in [-0.4, -0.2) is 40.4 Å². The molecule has 1 heterocycles. The zero-order chi connectivity index (χ0) is 20.1. The normalized spacial score (nSPS) is 10.5. The summed E-state index contributed by atoms with van der Waals surface area (Å²) in [6, 6.07) is 14.5. The Morgan fingerprint density at radius 3 is 2.46 bits per heavy atom. The van der Waals surface area contributed by atoms with E-state index in [2.05, 4.69) is 15.5 Å². The van der Waals surface area contributed by atoms with Crippen molar-refractivity contribution in [3.05, 3.63) is 65.5 Å². The van der Waals surface area contributed by atoms with Crippen LogP contribution in [0.5, 0.6) is 0 Å². The summed E-state index contributed by atoms with van der Waals surface area (Å²) >= 11 is 0. The Morgan fingerprint density at radius 2 is 1.82 bits per heavy atom. The lowest BCUT2D eigenvalue weighted by Gasteiger charge is -2.17. The van der Waals surface area contributed by atoms with Crippen molar-refractivity contribution in [2.24, 2.45) is 0 Å². The number of likely N-dealkylation sites (N-methyl/N-ethyl adjacent to an activating group) is 1. The number of nitrogens with zero attached hydrogens (tertiary/aromatic N) is 3. The first-order valence-corrected chi connectivity index (χ1v) is 9.02. The predicted molar refractivity (Wildman–Crippen MR) is 106 cm³/mol. The van der Waals surface area contributed by atoms with Gasteiger partial charge in [0.05, 0.1) is 6.54 Å². The van der Waals surface area contributed by atoms with Crippen LogP contribution >= 0.6 is 0 Å². The lowest BCUT2D eigenvalue weighted by molar-refractivity contribution is -0.116. The van der Waals surface area contributed by atoms with E-state index < -0.39 is 0 Å². The Kier molecular flexibility index (Phi) is 5.84. The quantitative estimate of drug-likeness (QED) is 0.711. The molecule has 0 atom stereocenters. The molecule has 2 aromatic carbocycles. The number of anilines is 1. The summed E-state index contributed by atoms with van der Waals surface area (Å²) in [5.41, 5.74) is 3.03. The van der Waals surface area contributed by atoms with Gasteiger partial charge in [-0.15, -0.1) is 0 Å². The number of rotatable bonds is 6. The average molecular weight is 378 g/mol. The molecule has 28 heavy (non-hydrogen) atoms. The molecular formula is C21H22N4O3. The molecule has 2 amide bonds. The monoisotopic (exact) mass is 378 g/mol. The first-order valence-electron chi connectivity index (χ1n) is 9.02. The Morgan fingerprint density at radius 1 is 1.11 bits per heavy atom. The molecule has 0 spiro atoms. The highest BCUT2D eigenvalue weighted by Crippen LogP contribution is 2.18. The minimum absolute atomic E-state index is 0.0402. The van der Waals surface area contributed by atoms with Gasteiger partial charge in [-0.1, -0.05) is 30.3 Å². The number of carbonyl (C=O) groups excluding carboxylic acids is 2. The van der Waals surface area contributed by atoms with Gasteiger partial charge in [-0.05, 0) is 49.2 Å². The largest absolute Gasteiger partial charge is 0.334 e. The standard InChI is InChI=1S/C21H22N4O3/c1-4-15-7-5-6-8-18(15)23-19(26)13-25(3)21(27)17-11-9-16(10-12-17)20-22-14(2)24-28-20/h5-12H,4,13H2,1-3H3,(H,23,26). The number of carbonyl (C=O) groups is 2. The van der Waals surface area contributed by atoms with E-state index in [0.717, 1.165) is 23.2 Å². The van der Waals surface area contributed by atoms with Gasteiger partial charge in [0.25, 0.3) is 11.8 Å². The Bertz CT molecular complexity index is 979. The number of amides is 2. The zero-order valence-electron chi connectivity index (χ0n) is 16.1. The molecule has 1 N–H and O–H groups in total. The fourth-order valence-electron chi connectivity index (χ4n) is 2.82. The minimum atomic E-state index is -0.243. The first kappa shape index (κ1) is 19.3. The number of hydrogen-bond donors (Lipinski definition) is 1. The van der Waals surface area contributed by atoms with E-state index in [9.17, 15) is 9.59 Å². The Hall–Kier alpha value is -3.48. The second kappa shape index (κ2) is 8.47. The molecule has 0 aliphatic carbocycles. The zero-order valence-corrected chi connectivity index (χ0v) is 16.1. The number of para-hydroxylation sites is 1. The van der Waals surface area contributed by atoms with E-state index >= 15 is 0 Å². The third-order valence-corrected chi connectivity index (χ3v) is 4.31. The maximum Gasteiger partial charge on any atom is 0.257 e. The molecule has 144 valence electrons. The van der Waals surface area contributed by atoms with Crippen molar-refractivity contribution >= 4 is 17.5 Å². The highest BCUT2D eigenvalue weighted by atomic mass is 16.5. The van der Waals surface area contributed by atoms with Crippen LogP contribution in [-0.2, 0) is 11.2 Å². The molecule has 0 unspecified atom stereocenters. The summed E-state index contributed by atoms with van der Waals surface area (Å²) in [4.78, 5) is 30.5. The highest BCUT2D eigenvalue weighted by Gasteiger charge is 2.16. The van der Waals surface area contributed by atoms with Crippen molar-refractivity contribution in [1.29, 1.82) is 0 Å². The maximum atomic E-state index is 12.6. The fraction of sp³-hybridized carbons (Fsp3) is 0.238. The Balaban J connectivity index is 1.63. The number of hydrogen-bond acceptors (Lipinski definition) is 5. The number of benzene rings is 2. The van der Waals surface area contributed by atoms with Crippen LogP contribution < -0.4 is 5.32 Å². The van der Waals surface area contributed by atoms with E-state index in [1.807, 2.05) is 31.2 Å². The second-order valence-electron chi connectivity index (χ2n) is 6.44. The molecule has 0 radical (unpaired) electrons. The molecule has 0 fully saturated rings. The van der Waals surface area contributed by atoms with Crippen molar-refractivity contribution in [3.8, 4) is 11.5 Å². The van der Waals surface area contributed by atoms with E-state index in [0.29, 0.717) is 17.3 Å². The highest BCUT2D eigenvalue weighted by molar-refractivity contribution is 5.99. The van der Waals surface area contributed by atoms with Crippen LogP contribution in [0.4, 0.5) is 5.69 Å². The van der Waals surface area contributed by atoms with Gasteiger partial charge in [-0.25, -0.2) is 0 Å². The molecule has 1 aromatic heterocycles. The van der Waals surface area contributed by atoms with Crippen molar-refractivity contribution in [2.75, 3.05) is 18.9 Å². The number of aryl methyl sites for hydroxylation is 2. The van der Waals surface area contributed by atoms with Crippen molar-refractivity contribution < 1.29 is 14.1 Å². The third kappa shape index (κ3) is 4.43. The average Bonchev–Trinajstić information content (AvgIpc) is 3.14. The summed E-state index contributed by atoms with van der Waals surface area (Å²) < 4.78 is 5.12. The van der Waals surface area contributed by atoms with Crippen LogP contribution in [0.1, 0.15) is 28.7 Å². The molecule has 7 heteroatoms. The lowest BCUT2D eigenvalue weighted by Crippen LogP contribution is -2.35. The van der Waals surface area contributed by atoms with E-state index in [1.165, 1.54) is 4.90 Å². The second-order valence-corrected chi connectivity index (χ2v) is 6.44. The van der Waals surface area contributed by atoms with Gasteiger partial charge in [0.15, 0.2) is 5.82 Å². The maximum absolute atomic E-state index is 12.6. The van der Waals surface area contributed by atoms with Crippen LogP contribution in [0, 0.1) is 6.92 Å². The van der Waals surface area contributed by atoms with E-state index in [1.54, 1.807) is 38.2 Å². The molecule has 0 aliphatic heterocycles. The minimum Gasteiger partial charge on any atom is -0.334 e. The van der Waals surface area contributed by atoms with Crippen molar-refractivity contribution in [2.45, 2.75) is 20.3 Å². The smallest absolute Gasteiger partial charge is 0.257 e. The molecule has 0 bridgehead atoms. The first-order chi connectivity index (χ1) is 13.5. The molecule has 3 aromatic rings. The van der Waals surface area contributed by atoms with Gasteiger partial charge in [-0.3, -0.25) is 9.59 Å². The summed E-state index contributed by atoms with van der Waals surface area (Å²) in [5.74, 6) is 0.464. The van der Waals surface area contributed by atoms with Gasteiger partial charge in [0.2, 0.25) is 5.91 Å². The summed E-state index contributed by atoms with van der Waals surface area (Å²) in [7, 11) is 1.60. The van der Waals surface area contributed by atoms with Gasteiger partial charge in [0, 0.05) is 23.9 Å². The van der Waals surface area contributed by atoms with Crippen LogP contribution in [0.3, 0.4) is 0 Å². The van der Waals surface area contributed by atoms with Crippen LogP contribution in [0.15, 0.2) is 53.1 Å². The third-order valence-electron chi connectivity index (χ3n) is 4.31. The van der Waals surface area contributed by atoms with E-state index in [4.69, 9.17) is 4.52 Å². The SMILES string of the molecule is CCc1ccccc1NC(=O)CN(C)C(=O)c1ccc(-c2nc(C)no2)cc1. The molecule has 0 saturated heterocycles.